The summed E-state index contributed by atoms with van der Waals surface area (Å²) in [6, 6.07) is 4.00. The Hall–Kier alpha value is -1.09. The summed E-state index contributed by atoms with van der Waals surface area (Å²) in [6.07, 6.45) is 0.191. The van der Waals surface area contributed by atoms with E-state index in [0.717, 1.165) is 0 Å². The quantitative estimate of drug-likeness (QED) is 0.539. The summed E-state index contributed by atoms with van der Waals surface area (Å²) in [7, 11) is 0. The molecule has 0 heterocycles. The van der Waals surface area contributed by atoms with Gasteiger partial charge in [0, 0.05) is 11.4 Å². The van der Waals surface area contributed by atoms with Crippen molar-refractivity contribution >= 4 is 17.4 Å². The molecular weight excluding hydrogens is 179 g/mol. The molecule has 2 nitrogen and oxygen atoms in total. The summed E-state index contributed by atoms with van der Waals surface area (Å²) in [5.74, 6) is -0.391. The Morgan fingerprint density at radius 1 is 1.58 bits per heavy atom. The molecule has 0 aliphatic rings. The van der Waals surface area contributed by atoms with Crippen molar-refractivity contribution in [3.63, 3.8) is 0 Å². The average molecular weight is 187 g/mol. The standard InChI is InChI=1S/C8H8ClFN2/c9-7-2-1-6(10)3-5(7)4-8(11)12/h1-3H,4H2,(H3,11,12). The molecule has 0 atom stereocenters. The van der Waals surface area contributed by atoms with Crippen molar-refractivity contribution in [3.8, 4) is 0 Å². The smallest absolute Gasteiger partial charge is 0.123 e. The van der Waals surface area contributed by atoms with Gasteiger partial charge in [0.1, 0.15) is 5.82 Å². The minimum atomic E-state index is -0.365. The van der Waals surface area contributed by atoms with E-state index in [0.29, 0.717) is 10.6 Å². The summed E-state index contributed by atoms with van der Waals surface area (Å²) in [5.41, 5.74) is 5.69. The first-order valence-corrected chi connectivity index (χ1v) is 3.74. The van der Waals surface area contributed by atoms with Gasteiger partial charge in [-0.3, -0.25) is 5.41 Å². The number of rotatable bonds is 2. The Bertz CT molecular complexity index is 312. The molecule has 0 fully saturated rings. The molecule has 0 aliphatic carbocycles. The predicted molar refractivity (Wildman–Crippen MR) is 47.0 cm³/mol. The van der Waals surface area contributed by atoms with Gasteiger partial charge in [-0.05, 0) is 23.8 Å². The Balaban J connectivity index is 2.97. The molecular formula is C8H8ClFN2. The third-order valence-electron chi connectivity index (χ3n) is 1.39. The van der Waals surface area contributed by atoms with Crippen LogP contribution in [0.2, 0.25) is 5.02 Å². The first-order valence-electron chi connectivity index (χ1n) is 3.36. The SMILES string of the molecule is N=C(N)Cc1cc(F)ccc1Cl. The molecule has 0 unspecified atom stereocenters. The maximum absolute atomic E-state index is 12.6. The number of hydrogen-bond acceptors (Lipinski definition) is 1. The third kappa shape index (κ3) is 2.20. The summed E-state index contributed by atoms with van der Waals surface area (Å²) in [6.45, 7) is 0. The Kier molecular flexibility index (Phi) is 2.65. The van der Waals surface area contributed by atoms with Crippen LogP contribution in [0.25, 0.3) is 0 Å². The second-order valence-electron chi connectivity index (χ2n) is 2.44. The number of hydrogen-bond donors (Lipinski definition) is 2. The highest BCUT2D eigenvalue weighted by atomic mass is 35.5. The molecule has 0 saturated carbocycles. The fourth-order valence-electron chi connectivity index (χ4n) is 0.884. The van der Waals surface area contributed by atoms with E-state index in [2.05, 4.69) is 0 Å². The molecule has 12 heavy (non-hydrogen) atoms. The Morgan fingerprint density at radius 2 is 2.25 bits per heavy atom. The van der Waals surface area contributed by atoms with Gasteiger partial charge in [-0.1, -0.05) is 11.6 Å². The summed E-state index contributed by atoms with van der Waals surface area (Å²) >= 11 is 5.72. The molecule has 64 valence electrons. The molecule has 0 radical (unpaired) electrons. The monoisotopic (exact) mass is 186 g/mol. The number of amidine groups is 1. The number of benzene rings is 1. The summed E-state index contributed by atoms with van der Waals surface area (Å²) < 4.78 is 12.6. The first-order chi connectivity index (χ1) is 5.59. The lowest BCUT2D eigenvalue weighted by Crippen LogP contribution is -2.13. The highest BCUT2D eigenvalue weighted by Crippen LogP contribution is 2.17. The molecule has 0 amide bonds. The van der Waals surface area contributed by atoms with E-state index in [4.69, 9.17) is 22.7 Å². The van der Waals surface area contributed by atoms with Gasteiger partial charge in [0.25, 0.3) is 0 Å². The largest absolute Gasteiger partial charge is 0.387 e. The lowest BCUT2D eigenvalue weighted by molar-refractivity contribution is 0.626. The van der Waals surface area contributed by atoms with E-state index >= 15 is 0 Å². The molecule has 3 N–H and O–H groups in total. The van der Waals surface area contributed by atoms with Crippen molar-refractivity contribution in [2.75, 3.05) is 0 Å². The average Bonchev–Trinajstić information content (AvgIpc) is 1.96. The fraction of sp³-hybridized carbons (Fsp3) is 0.125. The molecule has 1 aromatic carbocycles. The van der Waals surface area contributed by atoms with Gasteiger partial charge in [0.15, 0.2) is 0 Å². The molecule has 0 aliphatic heterocycles. The Labute approximate surface area is 74.7 Å². The van der Waals surface area contributed by atoms with Gasteiger partial charge in [0.2, 0.25) is 0 Å². The third-order valence-corrected chi connectivity index (χ3v) is 1.76. The van der Waals surface area contributed by atoms with Gasteiger partial charge in [-0.25, -0.2) is 4.39 Å². The molecule has 1 aromatic rings. The fourth-order valence-corrected chi connectivity index (χ4v) is 1.07. The molecule has 1 rings (SSSR count). The van der Waals surface area contributed by atoms with Crippen LogP contribution in [-0.4, -0.2) is 5.84 Å². The van der Waals surface area contributed by atoms with Crippen molar-refractivity contribution in [1.29, 1.82) is 5.41 Å². The van der Waals surface area contributed by atoms with Crippen molar-refractivity contribution in [2.45, 2.75) is 6.42 Å². The van der Waals surface area contributed by atoms with E-state index in [-0.39, 0.29) is 18.1 Å². The van der Waals surface area contributed by atoms with E-state index in [1.54, 1.807) is 0 Å². The second-order valence-corrected chi connectivity index (χ2v) is 2.84. The number of nitrogens with two attached hydrogens (primary N) is 1. The van der Waals surface area contributed by atoms with Crippen LogP contribution in [0.15, 0.2) is 18.2 Å². The maximum Gasteiger partial charge on any atom is 0.123 e. The normalized spacial score (nSPS) is 9.83. The van der Waals surface area contributed by atoms with Crippen LogP contribution in [0.4, 0.5) is 4.39 Å². The van der Waals surface area contributed by atoms with Gasteiger partial charge in [-0.15, -0.1) is 0 Å². The van der Waals surface area contributed by atoms with Crippen LogP contribution in [0, 0.1) is 11.2 Å². The second kappa shape index (κ2) is 3.54. The van der Waals surface area contributed by atoms with Crippen molar-refractivity contribution in [1.82, 2.24) is 0 Å². The zero-order valence-corrected chi connectivity index (χ0v) is 7.03. The maximum atomic E-state index is 12.6. The minimum Gasteiger partial charge on any atom is -0.387 e. The molecule has 0 spiro atoms. The molecule has 0 aromatic heterocycles. The number of halogens is 2. The van der Waals surface area contributed by atoms with Gasteiger partial charge >= 0.3 is 0 Å². The van der Waals surface area contributed by atoms with Crippen LogP contribution in [-0.2, 0) is 6.42 Å². The van der Waals surface area contributed by atoms with E-state index in [1.807, 2.05) is 0 Å². The van der Waals surface area contributed by atoms with Crippen molar-refractivity contribution in [3.05, 3.63) is 34.6 Å². The molecule has 4 heteroatoms. The number of nitrogens with one attached hydrogen (secondary N) is 1. The van der Waals surface area contributed by atoms with Crippen LogP contribution >= 0.6 is 11.6 Å². The highest BCUT2D eigenvalue weighted by molar-refractivity contribution is 6.31. The lowest BCUT2D eigenvalue weighted by Gasteiger charge is -2.01. The summed E-state index contributed by atoms with van der Waals surface area (Å²) in [5, 5.41) is 7.43. The zero-order chi connectivity index (χ0) is 9.14. The first kappa shape index (κ1) is 9.00. The zero-order valence-electron chi connectivity index (χ0n) is 6.27. The van der Waals surface area contributed by atoms with E-state index < -0.39 is 0 Å². The van der Waals surface area contributed by atoms with Gasteiger partial charge < -0.3 is 5.73 Å². The van der Waals surface area contributed by atoms with Crippen molar-refractivity contribution < 1.29 is 4.39 Å². The highest BCUT2D eigenvalue weighted by Gasteiger charge is 2.02. The minimum absolute atomic E-state index is 0.0255. The van der Waals surface area contributed by atoms with Crippen LogP contribution < -0.4 is 5.73 Å². The molecule has 0 saturated heterocycles. The Morgan fingerprint density at radius 3 is 2.83 bits per heavy atom. The predicted octanol–water partition coefficient (Wildman–Crippen LogP) is 1.96. The van der Waals surface area contributed by atoms with Crippen LogP contribution in [0.1, 0.15) is 5.56 Å². The lowest BCUT2D eigenvalue weighted by atomic mass is 10.1. The van der Waals surface area contributed by atoms with Crippen molar-refractivity contribution in [2.24, 2.45) is 5.73 Å². The van der Waals surface area contributed by atoms with Crippen LogP contribution in [0.3, 0.4) is 0 Å². The topological polar surface area (TPSA) is 49.9 Å². The van der Waals surface area contributed by atoms with Gasteiger partial charge in [-0.2, -0.15) is 0 Å². The van der Waals surface area contributed by atoms with E-state index in [1.165, 1.54) is 18.2 Å². The van der Waals surface area contributed by atoms with Gasteiger partial charge in [0.05, 0.1) is 5.84 Å². The van der Waals surface area contributed by atoms with E-state index in [9.17, 15) is 4.39 Å². The molecule has 0 bridgehead atoms. The summed E-state index contributed by atoms with van der Waals surface area (Å²) in [4.78, 5) is 0. The van der Waals surface area contributed by atoms with Crippen LogP contribution in [0.5, 0.6) is 0 Å².